The normalized spacial score (nSPS) is 14.8. The Hall–Kier alpha value is -4.26. The van der Waals surface area contributed by atoms with Gasteiger partial charge in [-0.15, -0.1) is 0 Å². The maximum absolute atomic E-state index is 12.6. The lowest BCUT2D eigenvalue weighted by Gasteiger charge is -2.28. The summed E-state index contributed by atoms with van der Waals surface area (Å²) in [4.78, 5) is 37.2. The van der Waals surface area contributed by atoms with E-state index in [1.165, 1.54) is 20.4 Å². The first-order valence-corrected chi connectivity index (χ1v) is 13.5. The van der Waals surface area contributed by atoms with Crippen molar-refractivity contribution in [1.82, 2.24) is 16.1 Å². The van der Waals surface area contributed by atoms with Crippen molar-refractivity contribution in [3.63, 3.8) is 0 Å². The van der Waals surface area contributed by atoms with Crippen LogP contribution in [0.15, 0.2) is 51.2 Å². The number of esters is 1. The average Bonchev–Trinajstić information content (AvgIpc) is 2.92. The number of carbonyl (C=O) groups is 3. The molecule has 41 heavy (non-hydrogen) atoms. The molecule has 1 atom stereocenters. The van der Waals surface area contributed by atoms with E-state index in [0.29, 0.717) is 34.1 Å². The van der Waals surface area contributed by atoms with E-state index >= 15 is 0 Å². The van der Waals surface area contributed by atoms with Gasteiger partial charge in [0.15, 0.2) is 29.6 Å². The molecular weight excluding hydrogens is 600 g/mol. The molecule has 0 aliphatic carbocycles. The van der Waals surface area contributed by atoms with E-state index < -0.39 is 23.9 Å². The predicted molar refractivity (Wildman–Crippen MR) is 154 cm³/mol. The molecule has 0 fully saturated rings. The van der Waals surface area contributed by atoms with E-state index in [-0.39, 0.29) is 30.6 Å². The molecular formula is C28H33BrN4O8. The largest absolute Gasteiger partial charge is 0.493 e. The van der Waals surface area contributed by atoms with Crippen molar-refractivity contribution in [1.29, 1.82) is 0 Å². The Kier molecular flexibility index (Phi) is 11.0. The Labute approximate surface area is 246 Å². The molecule has 12 nitrogen and oxygen atoms in total. The lowest BCUT2D eigenvalue weighted by molar-refractivity contribution is -0.139. The first kappa shape index (κ1) is 31.3. The number of carbonyl (C=O) groups excluding carboxylic acids is 3. The van der Waals surface area contributed by atoms with Crippen LogP contribution in [0, 0.1) is 0 Å². The van der Waals surface area contributed by atoms with E-state index in [9.17, 15) is 14.4 Å². The average molecular weight is 633 g/mol. The number of allylic oxidation sites excluding steroid dienone is 1. The van der Waals surface area contributed by atoms with Crippen LogP contribution in [0.4, 0.5) is 4.79 Å². The van der Waals surface area contributed by atoms with E-state index in [1.54, 1.807) is 44.2 Å². The zero-order valence-electron chi connectivity index (χ0n) is 23.6. The summed E-state index contributed by atoms with van der Waals surface area (Å²) in [6.07, 6.45) is 1.34. The standard InChI is InChI=1S/C28H33BrN4O8/c1-7-39-27(35)24-16(4)31-28(36)32-25(24)17-8-9-20(21(11-17)37-5)40-14-23(34)33-30-13-18-10-19(29)12-22(38-6)26(18)41-15(2)3/h8-13,15,25H,7,14H2,1-6H3,(H,33,34)(H2,31,32,36)/b30-13+/t25-/m1/s1. The SMILES string of the molecule is CCOC(=O)C1=C(C)NC(=O)N[C@@H]1c1ccc(OCC(=O)N/N=C/c2cc(Br)cc(OC)c2OC(C)C)c(OC)c1. The maximum Gasteiger partial charge on any atom is 0.338 e. The van der Waals surface area contributed by atoms with E-state index in [1.807, 2.05) is 13.8 Å². The summed E-state index contributed by atoms with van der Waals surface area (Å²) in [5.74, 6) is 0.509. The van der Waals surface area contributed by atoms with Gasteiger partial charge in [0.2, 0.25) is 0 Å². The number of amides is 3. The van der Waals surface area contributed by atoms with Gasteiger partial charge in [0.05, 0.1) is 44.8 Å². The Morgan fingerprint density at radius 3 is 2.51 bits per heavy atom. The van der Waals surface area contributed by atoms with Crippen LogP contribution in [0.5, 0.6) is 23.0 Å². The minimum atomic E-state index is -0.774. The summed E-state index contributed by atoms with van der Waals surface area (Å²) in [5, 5.41) is 9.34. The number of ether oxygens (including phenoxy) is 5. The molecule has 3 amide bonds. The van der Waals surface area contributed by atoms with Gasteiger partial charge in [0.25, 0.3) is 5.91 Å². The zero-order valence-corrected chi connectivity index (χ0v) is 25.2. The fourth-order valence-electron chi connectivity index (χ4n) is 3.95. The minimum absolute atomic E-state index is 0.107. The first-order valence-electron chi connectivity index (χ1n) is 12.7. The highest BCUT2D eigenvalue weighted by atomic mass is 79.9. The van der Waals surface area contributed by atoms with Crippen molar-refractivity contribution in [2.75, 3.05) is 27.4 Å². The van der Waals surface area contributed by atoms with Gasteiger partial charge in [-0.25, -0.2) is 15.0 Å². The van der Waals surface area contributed by atoms with Crippen molar-refractivity contribution in [3.8, 4) is 23.0 Å². The van der Waals surface area contributed by atoms with Crippen LogP contribution in [0.25, 0.3) is 0 Å². The Morgan fingerprint density at radius 1 is 1.12 bits per heavy atom. The molecule has 0 aromatic heterocycles. The Bertz CT molecular complexity index is 1360. The molecule has 1 heterocycles. The molecule has 0 unspecified atom stereocenters. The monoisotopic (exact) mass is 632 g/mol. The Morgan fingerprint density at radius 2 is 1.85 bits per heavy atom. The van der Waals surface area contributed by atoms with E-state index in [4.69, 9.17) is 23.7 Å². The number of benzene rings is 2. The third-order valence-corrected chi connectivity index (χ3v) is 6.12. The van der Waals surface area contributed by atoms with Crippen LogP contribution in [-0.2, 0) is 14.3 Å². The number of nitrogens with one attached hydrogen (secondary N) is 3. The molecule has 3 N–H and O–H groups in total. The smallest absolute Gasteiger partial charge is 0.338 e. The molecule has 0 radical (unpaired) electrons. The van der Waals surface area contributed by atoms with Crippen molar-refractivity contribution < 1.29 is 38.1 Å². The maximum atomic E-state index is 12.6. The topological polar surface area (TPSA) is 146 Å². The third kappa shape index (κ3) is 8.13. The van der Waals surface area contributed by atoms with Crippen molar-refractivity contribution in [3.05, 3.63) is 57.2 Å². The molecule has 2 aromatic rings. The number of nitrogens with zero attached hydrogens (tertiary/aromatic N) is 1. The molecule has 0 saturated carbocycles. The van der Waals surface area contributed by atoms with Gasteiger partial charge in [0.1, 0.15) is 0 Å². The van der Waals surface area contributed by atoms with Gasteiger partial charge < -0.3 is 34.3 Å². The molecule has 13 heteroatoms. The molecule has 2 aromatic carbocycles. The fraction of sp³-hybridized carbons (Fsp3) is 0.357. The minimum Gasteiger partial charge on any atom is -0.493 e. The fourth-order valence-corrected chi connectivity index (χ4v) is 4.41. The second-order valence-electron chi connectivity index (χ2n) is 8.98. The summed E-state index contributed by atoms with van der Waals surface area (Å²) in [5.41, 5.74) is 4.23. The quantitative estimate of drug-likeness (QED) is 0.181. The summed E-state index contributed by atoms with van der Waals surface area (Å²) >= 11 is 3.43. The van der Waals surface area contributed by atoms with E-state index in [2.05, 4.69) is 37.1 Å². The van der Waals surface area contributed by atoms with Crippen molar-refractivity contribution in [2.24, 2.45) is 5.10 Å². The van der Waals surface area contributed by atoms with Crippen LogP contribution in [0.2, 0.25) is 0 Å². The number of hydrazone groups is 1. The third-order valence-electron chi connectivity index (χ3n) is 5.66. The van der Waals surface area contributed by atoms with Crippen molar-refractivity contribution in [2.45, 2.75) is 39.8 Å². The number of hydrogen-bond acceptors (Lipinski definition) is 9. The number of urea groups is 1. The molecule has 0 saturated heterocycles. The summed E-state index contributed by atoms with van der Waals surface area (Å²) < 4.78 is 28.3. The molecule has 1 aliphatic heterocycles. The molecule has 220 valence electrons. The van der Waals surface area contributed by atoms with Crippen LogP contribution in [0.3, 0.4) is 0 Å². The highest BCUT2D eigenvalue weighted by Gasteiger charge is 2.32. The van der Waals surface area contributed by atoms with Crippen LogP contribution < -0.4 is 35.0 Å². The summed E-state index contributed by atoms with van der Waals surface area (Å²) in [6.45, 7) is 6.93. The Balaban J connectivity index is 1.71. The number of methoxy groups -OCH3 is 2. The number of hydrogen-bond donors (Lipinski definition) is 3. The number of halogens is 1. The van der Waals surface area contributed by atoms with Gasteiger partial charge in [-0.05, 0) is 57.5 Å². The molecule has 3 rings (SSSR count). The van der Waals surface area contributed by atoms with Crippen LogP contribution in [-0.4, -0.2) is 57.7 Å². The predicted octanol–water partition coefficient (Wildman–Crippen LogP) is 3.97. The van der Waals surface area contributed by atoms with Crippen LogP contribution >= 0.6 is 15.9 Å². The highest BCUT2D eigenvalue weighted by molar-refractivity contribution is 9.10. The molecule has 0 bridgehead atoms. The highest BCUT2D eigenvalue weighted by Crippen LogP contribution is 2.36. The summed E-state index contributed by atoms with van der Waals surface area (Å²) in [6, 6.07) is 7.19. The second kappa shape index (κ2) is 14.4. The lowest BCUT2D eigenvalue weighted by atomic mass is 9.95. The van der Waals surface area contributed by atoms with E-state index in [0.717, 1.165) is 4.47 Å². The van der Waals surface area contributed by atoms with Crippen molar-refractivity contribution >= 4 is 40.1 Å². The van der Waals surface area contributed by atoms with Gasteiger partial charge in [-0.3, -0.25) is 4.79 Å². The molecule has 0 spiro atoms. The summed E-state index contributed by atoms with van der Waals surface area (Å²) in [7, 11) is 2.98. The van der Waals surface area contributed by atoms with Gasteiger partial charge in [-0.2, -0.15) is 5.10 Å². The lowest BCUT2D eigenvalue weighted by Crippen LogP contribution is -2.45. The number of rotatable bonds is 12. The first-order chi connectivity index (χ1) is 19.6. The second-order valence-corrected chi connectivity index (χ2v) is 9.89. The van der Waals surface area contributed by atoms with Gasteiger partial charge in [-0.1, -0.05) is 22.0 Å². The zero-order chi connectivity index (χ0) is 30.1. The van der Waals surface area contributed by atoms with Crippen LogP contribution in [0.1, 0.15) is 44.9 Å². The molecule has 1 aliphatic rings. The van der Waals surface area contributed by atoms with Gasteiger partial charge >= 0.3 is 12.0 Å². The van der Waals surface area contributed by atoms with Gasteiger partial charge in [0, 0.05) is 15.7 Å².